The average molecular weight is 383 g/mol. The molecule has 0 spiro atoms. The second-order valence-corrected chi connectivity index (χ2v) is 7.27. The fourth-order valence-electron chi connectivity index (χ4n) is 3.14. The summed E-state index contributed by atoms with van der Waals surface area (Å²) in [6.45, 7) is 8.66. The van der Waals surface area contributed by atoms with Crippen LogP contribution >= 0.6 is 0 Å². The van der Waals surface area contributed by atoms with E-state index in [1.54, 1.807) is 0 Å². The third kappa shape index (κ3) is 6.52. The topological polar surface area (TPSA) is 52.6 Å². The van der Waals surface area contributed by atoms with Crippen molar-refractivity contribution in [3.05, 3.63) is 69.8 Å². The smallest absolute Gasteiger partial charge is 0.306 e. The Balaban J connectivity index is 1.64. The lowest BCUT2D eigenvalue weighted by atomic mass is 10.0. The van der Waals surface area contributed by atoms with E-state index in [1.807, 2.05) is 64.1 Å². The van der Waals surface area contributed by atoms with Crippen molar-refractivity contribution >= 4 is 11.9 Å². The maximum atomic E-state index is 11.9. The van der Waals surface area contributed by atoms with Gasteiger partial charge in [0.2, 0.25) is 0 Å². The molecule has 150 valence electrons. The van der Waals surface area contributed by atoms with Crippen LogP contribution < -0.4 is 0 Å². The molecule has 0 aromatic heterocycles. The Morgan fingerprint density at radius 2 is 0.964 bits per heavy atom. The Kier molecular flexibility index (Phi) is 8.24. The van der Waals surface area contributed by atoms with Crippen molar-refractivity contribution in [2.45, 2.75) is 66.6 Å². The molecular formula is C24H30O4. The highest BCUT2D eigenvalue weighted by Crippen LogP contribution is 2.16. The van der Waals surface area contributed by atoms with Crippen LogP contribution in [0.25, 0.3) is 0 Å². The van der Waals surface area contributed by atoms with Crippen molar-refractivity contribution in [1.82, 2.24) is 0 Å². The Labute approximate surface area is 167 Å². The van der Waals surface area contributed by atoms with Gasteiger partial charge in [-0.05, 0) is 73.9 Å². The molecule has 0 amide bonds. The van der Waals surface area contributed by atoms with Gasteiger partial charge in [0.15, 0.2) is 0 Å². The van der Waals surface area contributed by atoms with Gasteiger partial charge in [-0.3, -0.25) is 9.59 Å². The first-order valence-electron chi connectivity index (χ1n) is 9.80. The zero-order valence-corrected chi connectivity index (χ0v) is 17.3. The second kappa shape index (κ2) is 10.6. The summed E-state index contributed by atoms with van der Waals surface area (Å²) in [6, 6.07) is 12.0. The summed E-state index contributed by atoms with van der Waals surface area (Å²) in [7, 11) is 0. The number of aryl methyl sites for hydroxylation is 4. The van der Waals surface area contributed by atoms with Crippen molar-refractivity contribution in [3.63, 3.8) is 0 Å². The minimum atomic E-state index is -0.230. The van der Waals surface area contributed by atoms with Crippen molar-refractivity contribution in [2.75, 3.05) is 0 Å². The van der Waals surface area contributed by atoms with Gasteiger partial charge in [-0.15, -0.1) is 0 Å². The number of unbranched alkanes of at least 4 members (excludes halogenated alkanes) is 1. The fourth-order valence-corrected chi connectivity index (χ4v) is 3.14. The number of esters is 2. The summed E-state index contributed by atoms with van der Waals surface area (Å²) in [6.07, 6.45) is 1.86. The van der Waals surface area contributed by atoms with Crippen molar-refractivity contribution in [1.29, 1.82) is 0 Å². The summed E-state index contributed by atoms with van der Waals surface area (Å²) >= 11 is 0. The highest BCUT2D eigenvalue weighted by molar-refractivity contribution is 5.70. The standard InChI is InChI=1S/C24H30O4/c1-17-9-7-10-18(2)21(17)15-27-23(25)13-5-6-14-24(26)28-16-22-19(3)11-8-12-20(22)4/h7-12H,5-6,13-16H2,1-4H3. The zero-order valence-electron chi connectivity index (χ0n) is 17.3. The van der Waals surface area contributed by atoms with E-state index >= 15 is 0 Å². The summed E-state index contributed by atoms with van der Waals surface area (Å²) in [5, 5.41) is 0. The largest absolute Gasteiger partial charge is 0.461 e. The van der Waals surface area contributed by atoms with Gasteiger partial charge in [-0.25, -0.2) is 0 Å². The minimum absolute atomic E-state index is 0.230. The minimum Gasteiger partial charge on any atom is -0.461 e. The monoisotopic (exact) mass is 382 g/mol. The fraction of sp³-hybridized carbons (Fsp3) is 0.417. The molecule has 28 heavy (non-hydrogen) atoms. The van der Waals surface area contributed by atoms with Crippen LogP contribution in [0.1, 0.15) is 59.1 Å². The molecule has 0 bridgehead atoms. The van der Waals surface area contributed by atoms with Crippen LogP contribution in [0.4, 0.5) is 0 Å². The SMILES string of the molecule is Cc1cccc(C)c1COC(=O)CCCCC(=O)OCc1c(C)cccc1C. The Morgan fingerprint density at radius 1 is 0.643 bits per heavy atom. The Morgan fingerprint density at radius 3 is 1.29 bits per heavy atom. The van der Waals surface area contributed by atoms with Crippen LogP contribution in [0, 0.1) is 27.7 Å². The van der Waals surface area contributed by atoms with Gasteiger partial charge in [0.25, 0.3) is 0 Å². The molecule has 0 aliphatic carbocycles. The van der Waals surface area contributed by atoms with Crippen LogP contribution in [-0.4, -0.2) is 11.9 Å². The quantitative estimate of drug-likeness (QED) is 0.438. The number of rotatable bonds is 9. The van der Waals surface area contributed by atoms with Crippen LogP contribution in [0.3, 0.4) is 0 Å². The molecule has 0 fully saturated rings. The van der Waals surface area contributed by atoms with E-state index in [0.29, 0.717) is 38.9 Å². The van der Waals surface area contributed by atoms with Gasteiger partial charge < -0.3 is 9.47 Å². The van der Waals surface area contributed by atoms with Gasteiger partial charge in [-0.2, -0.15) is 0 Å². The van der Waals surface area contributed by atoms with E-state index in [2.05, 4.69) is 0 Å². The van der Waals surface area contributed by atoms with E-state index in [0.717, 1.165) is 33.4 Å². The third-order valence-corrected chi connectivity index (χ3v) is 5.06. The van der Waals surface area contributed by atoms with E-state index < -0.39 is 0 Å². The summed E-state index contributed by atoms with van der Waals surface area (Å²) < 4.78 is 10.7. The van der Waals surface area contributed by atoms with Crippen LogP contribution in [0.2, 0.25) is 0 Å². The van der Waals surface area contributed by atoms with Gasteiger partial charge in [-0.1, -0.05) is 36.4 Å². The Hall–Kier alpha value is -2.62. The van der Waals surface area contributed by atoms with E-state index in [1.165, 1.54) is 0 Å². The molecule has 0 N–H and O–H groups in total. The lowest BCUT2D eigenvalue weighted by molar-refractivity contribution is -0.147. The molecule has 0 radical (unpaired) electrons. The first kappa shape index (κ1) is 21.7. The lowest BCUT2D eigenvalue weighted by Gasteiger charge is -2.11. The molecular weight excluding hydrogens is 352 g/mol. The number of carbonyl (C=O) groups is 2. The number of benzene rings is 2. The van der Waals surface area contributed by atoms with Gasteiger partial charge in [0.1, 0.15) is 13.2 Å². The number of hydrogen-bond acceptors (Lipinski definition) is 4. The number of carbonyl (C=O) groups excluding carboxylic acids is 2. The molecule has 0 aliphatic heterocycles. The zero-order chi connectivity index (χ0) is 20.5. The molecule has 0 heterocycles. The summed E-state index contributed by atoms with van der Waals surface area (Å²) in [5.74, 6) is -0.460. The third-order valence-electron chi connectivity index (χ3n) is 5.06. The predicted octanol–water partition coefficient (Wildman–Crippen LogP) is 5.27. The molecule has 0 atom stereocenters. The molecule has 0 saturated carbocycles. The van der Waals surface area contributed by atoms with Crippen LogP contribution in [-0.2, 0) is 32.3 Å². The molecule has 2 aromatic carbocycles. The highest BCUT2D eigenvalue weighted by atomic mass is 16.5. The van der Waals surface area contributed by atoms with E-state index in [4.69, 9.17) is 9.47 Å². The maximum absolute atomic E-state index is 11.9. The lowest BCUT2D eigenvalue weighted by Crippen LogP contribution is -2.08. The van der Waals surface area contributed by atoms with Crippen LogP contribution in [0.15, 0.2) is 36.4 Å². The second-order valence-electron chi connectivity index (χ2n) is 7.27. The van der Waals surface area contributed by atoms with Crippen LogP contribution in [0.5, 0.6) is 0 Å². The summed E-state index contributed by atoms with van der Waals surface area (Å²) in [5.41, 5.74) is 6.62. The normalized spacial score (nSPS) is 10.6. The van der Waals surface area contributed by atoms with Crippen molar-refractivity contribution in [3.8, 4) is 0 Å². The van der Waals surface area contributed by atoms with Gasteiger partial charge >= 0.3 is 11.9 Å². The highest BCUT2D eigenvalue weighted by Gasteiger charge is 2.10. The molecule has 0 unspecified atom stereocenters. The molecule has 2 rings (SSSR count). The molecule has 0 aliphatic rings. The van der Waals surface area contributed by atoms with Gasteiger partial charge in [0.05, 0.1) is 0 Å². The first-order chi connectivity index (χ1) is 13.4. The maximum Gasteiger partial charge on any atom is 0.306 e. The Bertz CT molecular complexity index is 713. The van der Waals surface area contributed by atoms with E-state index in [9.17, 15) is 9.59 Å². The molecule has 2 aromatic rings. The molecule has 4 nitrogen and oxygen atoms in total. The van der Waals surface area contributed by atoms with Crippen molar-refractivity contribution < 1.29 is 19.1 Å². The number of ether oxygens (including phenoxy) is 2. The summed E-state index contributed by atoms with van der Waals surface area (Å²) in [4.78, 5) is 23.9. The average Bonchev–Trinajstić information content (AvgIpc) is 2.64. The molecule has 0 saturated heterocycles. The van der Waals surface area contributed by atoms with Gasteiger partial charge in [0, 0.05) is 12.8 Å². The number of hydrogen-bond donors (Lipinski definition) is 0. The first-order valence-corrected chi connectivity index (χ1v) is 9.80. The van der Waals surface area contributed by atoms with E-state index in [-0.39, 0.29) is 11.9 Å². The molecule has 4 heteroatoms. The predicted molar refractivity (Wildman–Crippen MR) is 110 cm³/mol. The van der Waals surface area contributed by atoms with Crippen molar-refractivity contribution in [2.24, 2.45) is 0 Å².